The standard InChI is InChI=1S/C12H17N7O2/c1-17-11-9(7-14-17)12(21)19(16-15-11)8-10(20)18-5-2-3-13-4-6-18/h7,13H,2-6,8H2,1H3. The van der Waals surface area contributed by atoms with E-state index in [1.165, 1.54) is 10.9 Å². The summed E-state index contributed by atoms with van der Waals surface area (Å²) >= 11 is 0. The number of nitrogens with one attached hydrogen (secondary N) is 1. The quantitative estimate of drug-likeness (QED) is 0.711. The summed E-state index contributed by atoms with van der Waals surface area (Å²) in [4.78, 5) is 26.3. The molecular formula is C12H17N7O2. The Morgan fingerprint density at radius 1 is 1.38 bits per heavy atom. The molecule has 3 rings (SSSR count). The third kappa shape index (κ3) is 2.64. The van der Waals surface area contributed by atoms with Crippen LogP contribution < -0.4 is 10.9 Å². The van der Waals surface area contributed by atoms with Crippen molar-refractivity contribution in [1.82, 2.24) is 35.0 Å². The summed E-state index contributed by atoms with van der Waals surface area (Å²) in [6.07, 6.45) is 2.36. The first-order valence-corrected chi connectivity index (χ1v) is 6.91. The van der Waals surface area contributed by atoms with E-state index in [1.807, 2.05) is 0 Å². The molecule has 1 fully saturated rings. The highest BCUT2D eigenvalue weighted by molar-refractivity contribution is 5.77. The maximum absolute atomic E-state index is 12.3. The van der Waals surface area contributed by atoms with E-state index in [1.54, 1.807) is 11.9 Å². The number of hydrogen-bond acceptors (Lipinski definition) is 6. The van der Waals surface area contributed by atoms with Gasteiger partial charge in [0.1, 0.15) is 11.9 Å². The summed E-state index contributed by atoms with van der Waals surface area (Å²) in [5.41, 5.74) is 0.0806. The van der Waals surface area contributed by atoms with Crippen LogP contribution >= 0.6 is 0 Å². The van der Waals surface area contributed by atoms with E-state index in [4.69, 9.17) is 0 Å². The van der Waals surface area contributed by atoms with Gasteiger partial charge in [-0.15, -0.1) is 5.10 Å². The molecule has 1 amide bonds. The Kier molecular flexibility index (Phi) is 3.65. The molecular weight excluding hydrogens is 274 g/mol. The predicted molar refractivity (Wildman–Crippen MR) is 74.6 cm³/mol. The molecule has 3 heterocycles. The molecule has 1 N–H and O–H groups in total. The number of carbonyl (C=O) groups excluding carboxylic acids is 1. The monoisotopic (exact) mass is 291 g/mol. The third-order valence-electron chi connectivity index (χ3n) is 3.60. The average molecular weight is 291 g/mol. The highest BCUT2D eigenvalue weighted by Crippen LogP contribution is 2.02. The Bertz CT molecular complexity index is 712. The fourth-order valence-corrected chi connectivity index (χ4v) is 2.40. The molecule has 0 spiro atoms. The first-order valence-electron chi connectivity index (χ1n) is 6.91. The molecule has 0 aliphatic carbocycles. The van der Waals surface area contributed by atoms with Crippen molar-refractivity contribution in [3.8, 4) is 0 Å². The van der Waals surface area contributed by atoms with Crippen molar-refractivity contribution in [3.63, 3.8) is 0 Å². The van der Waals surface area contributed by atoms with Crippen LogP contribution in [-0.2, 0) is 18.4 Å². The van der Waals surface area contributed by atoms with Gasteiger partial charge in [0.05, 0.1) is 6.20 Å². The number of carbonyl (C=O) groups is 1. The number of nitrogens with zero attached hydrogens (tertiary/aromatic N) is 6. The van der Waals surface area contributed by atoms with E-state index < -0.39 is 0 Å². The van der Waals surface area contributed by atoms with Crippen molar-refractivity contribution in [2.24, 2.45) is 7.05 Å². The third-order valence-corrected chi connectivity index (χ3v) is 3.60. The van der Waals surface area contributed by atoms with E-state index >= 15 is 0 Å². The smallest absolute Gasteiger partial charge is 0.281 e. The van der Waals surface area contributed by atoms with Gasteiger partial charge in [0.15, 0.2) is 5.65 Å². The van der Waals surface area contributed by atoms with Crippen LogP contribution in [0.2, 0.25) is 0 Å². The van der Waals surface area contributed by atoms with Crippen molar-refractivity contribution in [3.05, 3.63) is 16.6 Å². The summed E-state index contributed by atoms with van der Waals surface area (Å²) in [5, 5.41) is 15.4. The minimum atomic E-state index is -0.339. The zero-order valence-electron chi connectivity index (χ0n) is 11.8. The number of rotatable bonds is 2. The lowest BCUT2D eigenvalue weighted by atomic mass is 10.3. The SMILES string of the molecule is Cn1ncc2c(=O)n(CC(=O)N3CCCNCC3)nnc21. The van der Waals surface area contributed by atoms with Gasteiger partial charge in [0.25, 0.3) is 5.56 Å². The second-order valence-corrected chi connectivity index (χ2v) is 5.04. The second kappa shape index (κ2) is 5.60. The van der Waals surface area contributed by atoms with Gasteiger partial charge >= 0.3 is 0 Å². The molecule has 9 heteroatoms. The highest BCUT2D eigenvalue weighted by Gasteiger charge is 2.18. The van der Waals surface area contributed by atoms with Crippen LogP contribution in [0.3, 0.4) is 0 Å². The molecule has 0 radical (unpaired) electrons. The summed E-state index contributed by atoms with van der Waals surface area (Å²) in [6.45, 7) is 2.94. The normalized spacial score (nSPS) is 16.1. The predicted octanol–water partition coefficient (Wildman–Crippen LogP) is -1.65. The molecule has 0 atom stereocenters. The fraction of sp³-hybridized carbons (Fsp3) is 0.583. The topological polar surface area (TPSA) is 97.9 Å². The van der Waals surface area contributed by atoms with Gasteiger partial charge in [-0.25, -0.2) is 9.36 Å². The van der Waals surface area contributed by atoms with Crippen LogP contribution in [0.5, 0.6) is 0 Å². The second-order valence-electron chi connectivity index (χ2n) is 5.04. The number of aromatic nitrogens is 5. The molecule has 2 aromatic rings. The molecule has 0 unspecified atom stereocenters. The lowest BCUT2D eigenvalue weighted by molar-refractivity contribution is -0.131. The number of fused-ring (bicyclic) bond motifs is 1. The van der Waals surface area contributed by atoms with E-state index in [0.29, 0.717) is 24.1 Å². The number of amides is 1. The largest absolute Gasteiger partial charge is 0.340 e. The lowest BCUT2D eigenvalue weighted by Crippen LogP contribution is -2.39. The van der Waals surface area contributed by atoms with Crippen LogP contribution in [0.15, 0.2) is 11.0 Å². The molecule has 0 saturated carbocycles. The van der Waals surface area contributed by atoms with Crippen LogP contribution in [-0.4, -0.2) is 61.8 Å². The van der Waals surface area contributed by atoms with E-state index in [9.17, 15) is 9.59 Å². The number of aryl methyl sites for hydroxylation is 1. The minimum absolute atomic E-state index is 0.0866. The van der Waals surface area contributed by atoms with Crippen molar-refractivity contribution >= 4 is 16.9 Å². The number of hydrogen-bond donors (Lipinski definition) is 1. The molecule has 1 saturated heterocycles. The molecule has 1 aliphatic rings. The van der Waals surface area contributed by atoms with Gasteiger partial charge < -0.3 is 10.2 Å². The van der Waals surface area contributed by atoms with Crippen molar-refractivity contribution in [2.45, 2.75) is 13.0 Å². The van der Waals surface area contributed by atoms with Gasteiger partial charge in [0, 0.05) is 26.7 Å². The Balaban J connectivity index is 1.82. The molecule has 1 aliphatic heterocycles. The van der Waals surface area contributed by atoms with Crippen molar-refractivity contribution in [1.29, 1.82) is 0 Å². The highest BCUT2D eigenvalue weighted by atomic mass is 16.2. The van der Waals surface area contributed by atoms with Gasteiger partial charge in [0.2, 0.25) is 5.91 Å². The molecule has 0 bridgehead atoms. The fourth-order valence-electron chi connectivity index (χ4n) is 2.40. The first kappa shape index (κ1) is 13.7. The summed E-state index contributed by atoms with van der Waals surface area (Å²) in [7, 11) is 1.69. The van der Waals surface area contributed by atoms with E-state index in [0.717, 1.165) is 24.2 Å². The molecule has 21 heavy (non-hydrogen) atoms. The Labute approximate surface area is 120 Å². The van der Waals surface area contributed by atoms with Crippen molar-refractivity contribution < 1.29 is 4.79 Å². The summed E-state index contributed by atoms with van der Waals surface area (Å²) in [5.74, 6) is -0.113. The lowest BCUT2D eigenvalue weighted by Gasteiger charge is -2.19. The van der Waals surface area contributed by atoms with Gasteiger partial charge in [-0.1, -0.05) is 5.21 Å². The minimum Gasteiger partial charge on any atom is -0.340 e. The van der Waals surface area contributed by atoms with Gasteiger partial charge in [-0.05, 0) is 13.0 Å². The van der Waals surface area contributed by atoms with Crippen molar-refractivity contribution in [2.75, 3.05) is 26.2 Å². The van der Waals surface area contributed by atoms with Crippen LogP contribution in [0.25, 0.3) is 11.0 Å². The van der Waals surface area contributed by atoms with Crippen LogP contribution in [0.1, 0.15) is 6.42 Å². The zero-order valence-corrected chi connectivity index (χ0v) is 11.8. The molecule has 9 nitrogen and oxygen atoms in total. The maximum atomic E-state index is 12.3. The van der Waals surface area contributed by atoms with E-state index in [2.05, 4.69) is 20.7 Å². The van der Waals surface area contributed by atoms with Gasteiger partial charge in [-0.3, -0.25) is 9.59 Å². The maximum Gasteiger partial charge on any atom is 0.281 e. The van der Waals surface area contributed by atoms with Crippen LogP contribution in [0.4, 0.5) is 0 Å². The average Bonchev–Trinajstić information content (AvgIpc) is 2.70. The van der Waals surface area contributed by atoms with Gasteiger partial charge in [-0.2, -0.15) is 5.10 Å². The summed E-state index contributed by atoms with van der Waals surface area (Å²) in [6, 6.07) is 0. The first-order chi connectivity index (χ1) is 10.2. The van der Waals surface area contributed by atoms with E-state index in [-0.39, 0.29) is 18.0 Å². The Morgan fingerprint density at radius 2 is 2.24 bits per heavy atom. The Morgan fingerprint density at radius 3 is 3.10 bits per heavy atom. The Hall–Kier alpha value is -2.29. The summed E-state index contributed by atoms with van der Waals surface area (Å²) < 4.78 is 2.58. The van der Waals surface area contributed by atoms with Crippen LogP contribution in [0, 0.1) is 0 Å². The molecule has 0 aromatic carbocycles. The molecule has 2 aromatic heterocycles. The zero-order chi connectivity index (χ0) is 14.8. The molecule has 112 valence electrons.